The van der Waals surface area contributed by atoms with Gasteiger partial charge in [0.2, 0.25) is 0 Å². The fraction of sp³-hybridized carbons (Fsp3) is 0.208. The molecule has 0 amide bonds. The summed E-state index contributed by atoms with van der Waals surface area (Å²) in [6.07, 6.45) is 0. The van der Waals surface area contributed by atoms with E-state index in [-0.39, 0.29) is 11.2 Å². The molecule has 0 aromatic heterocycles. The van der Waals surface area contributed by atoms with Crippen molar-refractivity contribution in [1.82, 2.24) is 0 Å². The maximum absolute atomic E-state index is 12.6. The Morgan fingerprint density at radius 2 is 1.07 bits per heavy atom. The molecule has 3 aromatic carbocycles. The van der Waals surface area contributed by atoms with Crippen LogP contribution in [0, 0.1) is 0 Å². The van der Waals surface area contributed by atoms with Crippen LogP contribution in [0.15, 0.2) is 72.8 Å². The quantitative estimate of drug-likeness (QED) is 0.522. The van der Waals surface area contributed by atoms with Crippen molar-refractivity contribution in [2.24, 2.45) is 0 Å². The Labute approximate surface area is 160 Å². The van der Waals surface area contributed by atoms with Gasteiger partial charge in [0.05, 0.1) is 7.11 Å². The fourth-order valence-corrected chi connectivity index (χ4v) is 2.74. The van der Waals surface area contributed by atoms with Crippen molar-refractivity contribution < 1.29 is 14.3 Å². The molecule has 0 aliphatic heterocycles. The highest BCUT2D eigenvalue weighted by Crippen LogP contribution is 2.27. The van der Waals surface area contributed by atoms with Gasteiger partial charge in [-0.25, -0.2) is 0 Å². The molecule has 0 spiro atoms. The van der Waals surface area contributed by atoms with Gasteiger partial charge in [0, 0.05) is 11.1 Å². The molecule has 0 N–H and O–H groups in total. The summed E-state index contributed by atoms with van der Waals surface area (Å²) in [6, 6.07) is 22.4. The maximum atomic E-state index is 12.6. The number of methoxy groups -OCH3 is 1. The van der Waals surface area contributed by atoms with Crippen LogP contribution >= 0.6 is 0 Å². The molecule has 3 aromatic rings. The van der Waals surface area contributed by atoms with Gasteiger partial charge in [-0.05, 0) is 71.6 Å². The summed E-state index contributed by atoms with van der Waals surface area (Å²) in [5.41, 5.74) is 2.62. The van der Waals surface area contributed by atoms with E-state index in [1.54, 1.807) is 43.5 Å². The number of benzene rings is 3. The molecule has 0 bridgehead atoms. The second-order valence-corrected chi connectivity index (χ2v) is 7.46. The Bertz CT molecular complexity index is 900. The van der Waals surface area contributed by atoms with Crippen molar-refractivity contribution in [3.8, 4) is 17.2 Å². The molecule has 3 nitrogen and oxygen atoms in total. The lowest BCUT2D eigenvalue weighted by atomic mass is 9.87. The van der Waals surface area contributed by atoms with Gasteiger partial charge in [0.1, 0.15) is 17.2 Å². The highest BCUT2D eigenvalue weighted by Gasteiger charge is 2.13. The first-order valence-electron chi connectivity index (χ1n) is 8.94. The maximum Gasteiger partial charge on any atom is 0.193 e. The van der Waals surface area contributed by atoms with E-state index in [1.165, 1.54) is 5.56 Å². The van der Waals surface area contributed by atoms with Crippen LogP contribution in [0.4, 0.5) is 0 Å². The molecule has 0 saturated heterocycles. The summed E-state index contributed by atoms with van der Waals surface area (Å²) in [4.78, 5) is 12.6. The van der Waals surface area contributed by atoms with Gasteiger partial charge in [0.25, 0.3) is 0 Å². The Balaban J connectivity index is 1.70. The second-order valence-electron chi connectivity index (χ2n) is 7.46. The molecule has 0 aliphatic rings. The summed E-state index contributed by atoms with van der Waals surface area (Å²) in [5.74, 6) is 2.17. The third-order valence-corrected chi connectivity index (χ3v) is 4.42. The number of ketones is 1. The van der Waals surface area contributed by atoms with Crippen LogP contribution in [0.2, 0.25) is 0 Å². The van der Waals surface area contributed by atoms with Crippen molar-refractivity contribution in [2.75, 3.05) is 7.11 Å². The number of rotatable bonds is 5. The zero-order valence-electron chi connectivity index (χ0n) is 16.2. The Hall–Kier alpha value is -3.07. The number of carbonyl (C=O) groups excluding carboxylic acids is 1. The van der Waals surface area contributed by atoms with E-state index >= 15 is 0 Å². The lowest BCUT2D eigenvalue weighted by molar-refractivity contribution is 0.103. The van der Waals surface area contributed by atoms with Crippen molar-refractivity contribution >= 4 is 5.78 Å². The number of hydrogen-bond acceptors (Lipinski definition) is 3. The first-order valence-corrected chi connectivity index (χ1v) is 8.94. The van der Waals surface area contributed by atoms with Crippen LogP contribution in [0.3, 0.4) is 0 Å². The Morgan fingerprint density at radius 1 is 0.667 bits per heavy atom. The van der Waals surface area contributed by atoms with E-state index < -0.39 is 0 Å². The van der Waals surface area contributed by atoms with Gasteiger partial charge >= 0.3 is 0 Å². The third kappa shape index (κ3) is 4.56. The average molecular weight is 360 g/mol. The van der Waals surface area contributed by atoms with Gasteiger partial charge in [-0.15, -0.1) is 0 Å². The first kappa shape index (κ1) is 18.7. The van der Waals surface area contributed by atoms with Crippen molar-refractivity contribution in [2.45, 2.75) is 26.2 Å². The lowest BCUT2D eigenvalue weighted by Crippen LogP contribution is -2.10. The largest absolute Gasteiger partial charge is 0.497 e. The van der Waals surface area contributed by atoms with Crippen molar-refractivity contribution in [3.05, 3.63) is 89.5 Å². The summed E-state index contributed by atoms with van der Waals surface area (Å²) < 4.78 is 11.0. The third-order valence-electron chi connectivity index (χ3n) is 4.42. The highest BCUT2D eigenvalue weighted by molar-refractivity contribution is 6.09. The minimum absolute atomic E-state index is 0.0290. The van der Waals surface area contributed by atoms with Crippen LogP contribution in [-0.2, 0) is 5.41 Å². The van der Waals surface area contributed by atoms with E-state index in [0.717, 1.165) is 11.5 Å². The molecule has 0 aliphatic carbocycles. The average Bonchev–Trinajstić information content (AvgIpc) is 2.68. The van der Waals surface area contributed by atoms with E-state index in [0.29, 0.717) is 16.9 Å². The first-order chi connectivity index (χ1) is 12.9. The van der Waals surface area contributed by atoms with Crippen LogP contribution in [0.25, 0.3) is 0 Å². The molecule has 0 radical (unpaired) electrons. The molecule has 0 heterocycles. The summed E-state index contributed by atoms with van der Waals surface area (Å²) in [7, 11) is 1.60. The highest BCUT2D eigenvalue weighted by atomic mass is 16.5. The Kier molecular flexibility index (Phi) is 5.31. The molecular weight excluding hydrogens is 336 g/mol. The van der Waals surface area contributed by atoms with E-state index in [1.807, 2.05) is 24.3 Å². The summed E-state index contributed by atoms with van der Waals surface area (Å²) >= 11 is 0. The SMILES string of the molecule is COc1ccc(C(=O)c2ccc(Oc3ccc(C(C)(C)C)cc3)cc2)cc1. The van der Waals surface area contributed by atoms with Crippen LogP contribution in [0.5, 0.6) is 17.2 Å². The molecule has 138 valence electrons. The van der Waals surface area contributed by atoms with Gasteiger partial charge in [-0.2, -0.15) is 0 Å². The minimum Gasteiger partial charge on any atom is -0.497 e. The van der Waals surface area contributed by atoms with Gasteiger partial charge < -0.3 is 9.47 Å². The topological polar surface area (TPSA) is 35.5 Å². The molecule has 0 unspecified atom stereocenters. The summed E-state index contributed by atoms with van der Waals surface area (Å²) in [6.45, 7) is 6.55. The molecular formula is C24H24O3. The van der Waals surface area contributed by atoms with E-state index in [9.17, 15) is 4.79 Å². The predicted octanol–water partition coefficient (Wildman–Crippen LogP) is 6.02. The molecule has 3 heteroatoms. The molecule has 3 rings (SSSR count). The van der Waals surface area contributed by atoms with Crippen LogP contribution in [-0.4, -0.2) is 12.9 Å². The van der Waals surface area contributed by atoms with Crippen molar-refractivity contribution in [1.29, 1.82) is 0 Å². The Morgan fingerprint density at radius 3 is 1.48 bits per heavy atom. The molecule has 0 atom stereocenters. The smallest absolute Gasteiger partial charge is 0.193 e. The molecule has 0 fully saturated rings. The monoisotopic (exact) mass is 360 g/mol. The molecule has 27 heavy (non-hydrogen) atoms. The van der Waals surface area contributed by atoms with Gasteiger partial charge in [-0.1, -0.05) is 32.9 Å². The lowest BCUT2D eigenvalue weighted by Gasteiger charge is -2.19. The zero-order chi connectivity index (χ0) is 19.4. The summed E-state index contributed by atoms with van der Waals surface area (Å²) in [5, 5.41) is 0. The van der Waals surface area contributed by atoms with Crippen LogP contribution in [0.1, 0.15) is 42.3 Å². The van der Waals surface area contributed by atoms with Gasteiger partial charge in [-0.3, -0.25) is 4.79 Å². The van der Waals surface area contributed by atoms with Crippen LogP contribution < -0.4 is 9.47 Å². The number of carbonyl (C=O) groups is 1. The predicted molar refractivity (Wildman–Crippen MR) is 108 cm³/mol. The van der Waals surface area contributed by atoms with Crippen molar-refractivity contribution in [3.63, 3.8) is 0 Å². The van der Waals surface area contributed by atoms with Gasteiger partial charge in [0.15, 0.2) is 5.78 Å². The second kappa shape index (κ2) is 7.67. The fourth-order valence-electron chi connectivity index (χ4n) is 2.74. The van der Waals surface area contributed by atoms with E-state index in [2.05, 4.69) is 32.9 Å². The normalized spacial score (nSPS) is 11.1. The van der Waals surface area contributed by atoms with E-state index in [4.69, 9.17) is 9.47 Å². The molecule has 0 saturated carbocycles. The number of ether oxygens (including phenoxy) is 2. The minimum atomic E-state index is -0.0290. The number of hydrogen-bond donors (Lipinski definition) is 0. The standard InChI is InChI=1S/C24H24O3/c1-24(2,3)19-9-15-22(16-10-19)27-21-13-7-18(8-14-21)23(25)17-5-11-20(26-4)12-6-17/h5-16H,1-4H3. The zero-order valence-corrected chi connectivity index (χ0v) is 16.2.